The van der Waals surface area contributed by atoms with Gasteiger partial charge in [-0.25, -0.2) is 0 Å². The number of esters is 1. The fourth-order valence-corrected chi connectivity index (χ4v) is 2.05. The second kappa shape index (κ2) is 2.90. The monoisotopic (exact) mass is 167 g/mol. The van der Waals surface area contributed by atoms with Gasteiger partial charge in [-0.2, -0.15) is 0 Å². The van der Waals surface area contributed by atoms with Gasteiger partial charge in [-0.1, -0.05) is 12.2 Å². The molecule has 0 spiro atoms. The van der Waals surface area contributed by atoms with Gasteiger partial charge in [0, 0.05) is 6.04 Å². The van der Waals surface area contributed by atoms with Crippen molar-refractivity contribution in [1.29, 1.82) is 0 Å². The van der Waals surface area contributed by atoms with Crippen molar-refractivity contribution in [3.05, 3.63) is 12.2 Å². The Morgan fingerprint density at radius 2 is 2.50 bits per heavy atom. The van der Waals surface area contributed by atoms with Crippen LogP contribution in [0.2, 0.25) is 0 Å². The largest absolute Gasteiger partial charge is 0.468 e. The molecule has 0 saturated carbocycles. The fraction of sp³-hybridized carbons (Fsp3) is 0.667. The lowest BCUT2D eigenvalue weighted by Crippen LogP contribution is -2.35. The van der Waals surface area contributed by atoms with E-state index in [-0.39, 0.29) is 12.0 Å². The first-order valence-electron chi connectivity index (χ1n) is 4.32. The summed E-state index contributed by atoms with van der Waals surface area (Å²) in [5, 5.41) is 3.24. The Morgan fingerprint density at radius 3 is 3.17 bits per heavy atom. The highest BCUT2D eigenvalue weighted by Gasteiger charge is 2.37. The average Bonchev–Trinajstić information content (AvgIpc) is 2.60. The predicted octanol–water partition coefficient (Wildman–Crippen LogP) is 0.466. The van der Waals surface area contributed by atoms with Gasteiger partial charge in [-0.3, -0.25) is 10.1 Å². The van der Waals surface area contributed by atoms with Gasteiger partial charge >= 0.3 is 5.97 Å². The van der Waals surface area contributed by atoms with Crippen LogP contribution >= 0.6 is 0 Å². The number of carbonyl (C=O) groups is 1. The molecule has 2 aliphatic rings. The molecule has 0 aromatic heterocycles. The summed E-state index contributed by atoms with van der Waals surface area (Å²) in [5.74, 6) is 0.492. The second-order valence-corrected chi connectivity index (χ2v) is 3.43. The van der Waals surface area contributed by atoms with Crippen molar-refractivity contribution in [2.24, 2.45) is 5.92 Å². The van der Waals surface area contributed by atoms with Crippen LogP contribution in [0.4, 0.5) is 0 Å². The maximum Gasteiger partial charge on any atom is 0.322 e. The van der Waals surface area contributed by atoms with Crippen LogP contribution in [-0.2, 0) is 9.53 Å². The van der Waals surface area contributed by atoms with E-state index in [4.69, 9.17) is 0 Å². The van der Waals surface area contributed by atoms with Crippen LogP contribution in [0.15, 0.2) is 12.2 Å². The molecular weight excluding hydrogens is 154 g/mol. The summed E-state index contributed by atoms with van der Waals surface area (Å²) in [6, 6.07) is 0.337. The van der Waals surface area contributed by atoms with E-state index in [2.05, 4.69) is 22.2 Å². The number of carbonyl (C=O) groups excluding carboxylic acids is 1. The van der Waals surface area contributed by atoms with Gasteiger partial charge in [0.1, 0.15) is 6.04 Å². The van der Waals surface area contributed by atoms with Gasteiger partial charge in [0.05, 0.1) is 7.11 Å². The van der Waals surface area contributed by atoms with Crippen molar-refractivity contribution in [2.75, 3.05) is 7.11 Å². The zero-order valence-electron chi connectivity index (χ0n) is 7.12. The highest BCUT2D eigenvalue weighted by molar-refractivity contribution is 5.76. The van der Waals surface area contributed by atoms with Gasteiger partial charge in [0.2, 0.25) is 0 Å². The normalized spacial score (nSPS) is 38.2. The van der Waals surface area contributed by atoms with E-state index in [1.54, 1.807) is 0 Å². The van der Waals surface area contributed by atoms with Crippen LogP contribution in [0.3, 0.4) is 0 Å². The molecule has 3 nitrogen and oxygen atoms in total. The van der Waals surface area contributed by atoms with Crippen molar-refractivity contribution in [3.8, 4) is 0 Å². The SMILES string of the molecule is COC(=O)C1CC2CC=CC2N1. The second-order valence-electron chi connectivity index (χ2n) is 3.43. The zero-order valence-corrected chi connectivity index (χ0v) is 7.12. The minimum absolute atomic E-state index is 0.0741. The van der Waals surface area contributed by atoms with Crippen LogP contribution in [-0.4, -0.2) is 25.2 Å². The van der Waals surface area contributed by atoms with E-state index >= 15 is 0 Å². The minimum Gasteiger partial charge on any atom is -0.468 e. The minimum atomic E-state index is -0.127. The zero-order chi connectivity index (χ0) is 8.55. The molecule has 1 fully saturated rings. The van der Waals surface area contributed by atoms with Crippen LogP contribution in [0.25, 0.3) is 0 Å². The molecule has 2 rings (SSSR count). The standard InChI is InChI=1S/C9H13NO2/c1-12-9(11)8-5-6-3-2-4-7(6)10-8/h2,4,6-8,10H,3,5H2,1H3. The summed E-state index contributed by atoms with van der Waals surface area (Å²) in [5.41, 5.74) is 0. The number of fused-ring (bicyclic) bond motifs is 1. The number of rotatable bonds is 1. The summed E-state index contributed by atoms with van der Waals surface area (Å²) in [4.78, 5) is 11.1. The number of allylic oxidation sites excluding steroid dienone is 1. The average molecular weight is 167 g/mol. The lowest BCUT2D eigenvalue weighted by Gasteiger charge is -2.08. The molecule has 66 valence electrons. The topological polar surface area (TPSA) is 38.3 Å². The third kappa shape index (κ3) is 1.14. The van der Waals surface area contributed by atoms with Crippen molar-refractivity contribution in [3.63, 3.8) is 0 Å². The summed E-state index contributed by atoms with van der Waals surface area (Å²) >= 11 is 0. The third-order valence-electron chi connectivity index (χ3n) is 2.71. The lowest BCUT2D eigenvalue weighted by molar-refractivity contribution is -0.142. The Labute approximate surface area is 71.8 Å². The third-order valence-corrected chi connectivity index (χ3v) is 2.71. The van der Waals surface area contributed by atoms with E-state index in [0.717, 1.165) is 12.8 Å². The van der Waals surface area contributed by atoms with Crippen molar-refractivity contribution >= 4 is 5.97 Å². The summed E-state index contributed by atoms with van der Waals surface area (Å²) < 4.78 is 4.67. The van der Waals surface area contributed by atoms with Crippen LogP contribution < -0.4 is 5.32 Å². The smallest absolute Gasteiger partial charge is 0.322 e. The molecule has 3 heteroatoms. The number of hydrogen-bond acceptors (Lipinski definition) is 3. The molecule has 1 heterocycles. The van der Waals surface area contributed by atoms with Gasteiger partial charge in [0.25, 0.3) is 0 Å². The first kappa shape index (κ1) is 7.80. The number of hydrogen-bond donors (Lipinski definition) is 1. The van der Waals surface area contributed by atoms with Gasteiger partial charge in [-0.05, 0) is 18.8 Å². The fourth-order valence-electron chi connectivity index (χ4n) is 2.05. The Balaban J connectivity index is 1.98. The van der Waals surface area contributed by atoms with E-state index in [0.29, 0.717) is 12.0 Å². The molecule has 0 aromatic rings. The molecule has 3 unspecified atom stereocenters. The van der Waals surface area contributed by atoms with Crippen LogP contribution in [0.5, 0.6) is 0 Å². The lowest BCUT2D eigenvalue weighted by atomic mass is 10.0. The highest BCUT2D eigenvalue weighted by atomic mass is 16.5. The highest BCUT2D eigenvalue weighted by Crippen LogP contribution is 2.29. The van der Waals surface area contributed by atoms with E-state index in [9.17, 15) is 4.79 Å². The van der Waals surface area contributed by atoms with Gasteiger partial charge in [-0.15, -0.1) is 0 Å². The van der Waals surface area contributed by atoms with Crippen molar-refractivity contribution < 1.29 is 9.53 Å². The molecule has 0 amide bonds. The van der Waals surface area contributed by atoms with Gasteiger partial charge in [0.15, 0.2) is 0 Å². The van der Waals surface area contributed by atoms with Crippen LogP contribution in [0, 0.1) is 5.92 Å². The molecule has 1 N–H and O–H groups in total. The Morgan fingerprint density at radius 1 is 1.67 bits per heavy atom. The summed E-state index contributed by atoms with van der Waals surface area (Å²) in [7, 11) is 1.44. The number of nitrogens with one attached hydrogen (secondary N) is 1. The first-order valence-corrected chi connectivity index (χ1v) is 4.32. The van der Waals surface area contributed by atoms with Crippen molar-refractivity contribution in [1.82, 2.24) is 5.32 Å². The number of ether oxygens (including phenoxy) is 1. The molecule has 0 aromatic carbocycles. The summed E-state index contributed by atoms with van der Waals surface area (Å²) in [6.45, 7) is 0. The maximum absolute atomic E-state index is 11.1. The molecule has 1 aliphatic heterocycles. The van der Waals surface area contributed by atoms with Gasteiger partial charge < -0.3 is 4.74 Å². The molecule has 3 atom stereocenters. The number of methoxy groups -OCH3 is 1. The Kier molecular flexibility index (Phi) is 1.89. The van der Waals surface area contributed by atoms with E-state index in [1.165, 1.54) is 7.11 Å². The van der Waals surface area contributed by atoms with E-state index in [1.807, 2.05) is 0 Å². The molecule has 0 bridgehead atoms. The van der Waals surface area contributed by atoms with E-state index < -0.39 is 0 Å². The van der Waals surface area contributed by atoms with Crippen molar-refractivity contribution in [2.45, 2.75) is 24.9 Å². The molecule has 0 radical (unpaired) electrons. The Bertz CT molecular complexity index is 225. The quantitative estimate of drug-likeness (QED) is 0.455. The predicted molar refractivity (Wildman–Crippen MR) is 44.6 cm³/mol. The molecule has 1 aliphatic carbocycles. The molecule has 12 heavy (non-hydrogen) atoms. The van der Waals surface area contributed by atoms with Crippen LogP contribution in [0.1, 0.15) is 12.8 Å². The maximum atomic E-state index is 11.1. The Hall–Kier alpha value is -0.830. The molecular formula is C9H13NO2. The first-order chi connectivity index (χ1) is 5.81. The molecule has 1 saturated heterocycles. The summed E-state index contributed by atoms with van der Waals surface area (Å²) in [6.07, 6.45) is 6.35.